The highest BCUT2D eigenvalue weighted by Gasteiger charge is 2.26. The number of sulfonamides is 1. The lowest BCUT2D eigenvalue weighted by Gasteiger charge is -2.20. The van der Waals surface area contributed by atoms with Gasteiger partial charge in [0.15, 0.2) is 0 Å². The van der Waals surface area contributed by atoms with E-state index in [1.54, 1.807) is 6.92 Å². The number of hydrogen-bond acceptors (Lipinski definition) is 3. The summed E-state index contributed by atoms with van der Waals surface area (Å²) in [6.45, 7) is 3.27. The normalized spacial score (nSPS) is 20.1. The Morgan fingerprint density at radius 3 is 2.79 bits per heavy atom. The molecule has 0 amide bonds. The summed E-state index contributed by atoms with van der Waals surface area (Å²) in [5, 5.41) is 0. The van der Waals surface area contributed by atoms with Crippen LogP contribution in [0.25, 0.3) is 0 Å². The van der Waals surface area contributed by atoms with E-state index in [4.69, 9.17) is 4.74 Å². The van der Waals surface area contributed by atoms with Gasteiger partial charge in [-0.2, -0.15) is 0 Å². The van der Waals surface area contributed by atoms with Crippen molar-refractivity contribution in [3.63, 3.8) is 0 Å². The molecule has 1 heterocycles. The Morgan fingerprint density at radius 1 is 1.47 bits per heavy atom. The van der Waals surface area contributed by atoms with E-state index in [1.807, 2.05) is 0 Å². The van der Waals surface area contributed by atoms with Crippen LogP contribution in [0.5, 0.6) is 0 Å². The van der Waals surface area contributed by atoms with Crippen LogP contribution >= 0.6 is 0 Å². The molecule has 106 valence electrons. The van der Waals surface area contributed by atoms with Crippen molar-refractivity contribution in [3.05, 3.63) is 29.6 Å². The molecule has 1 aliphatic rings. The van der Waals surface area contributed by atoms with Gasteiger partial charge in [-0.15, -0.1) is 0 Å². The van der Waals surface area contributed by atoms with Crippen molar-refractivity contribution in [3.8, 4) is 0 Å². The Kier molecular flexibility index (Phi) is 4.23. The van der Waals surface area contributed by atoms with E-state index >= 15 is 0 Å². The Bertz CT molecular complexity index is 553. The molecule has 0 N–H and O–H groups in total. The van der Waals surface area contributed by atoms with E-state index < -0.39 is 15.8 Å². The fourth-order valence-electron chi connectivity index (χ4n) is 2.10. The predicted octanol–water partition coefficient (Wildman–Crippen LogP) is 1.79. The Balaban J connectivity index is 2.18. The summed E-state index contributed by atoms with van der Waals surface area (Å²) in [6.07, 6.45) is 0.863. The van der Waals surface area contributed by atoms with Crippen molar-refractivity contribution in [2.75, 3.05) is 26.8 Å². The molecule has 1 aromatic rings. The van der Waals surface area contributed by atoms with Crippen LogP contribution in [0.4, 0.5) is 4.39 Å². The third-order valence-corrected chi connectivity index (χ3v) is 5.21. The van der Waals surface area contributed by atoms with Gasteiger partial charge in [-0.3, -0.25) is 0 Å². The zero-order valence-corrected chi connectivity index (χ0v) is 11.9. The van der Waals surface area contributed by atoms with Crippen molar-refractivity contribution in [1.82, 2.24) is 4.31 Å². The summed E-state index contributed by atoms with van der Waals surface area (Å²) in [7, 11) is -2.11. The van der Waals surface area contributed by atoms with Gasteiger partial charge in [0.25, 0.3) is 0 Å². The minimum absolute atomic E-state index is 0.00276. The molecule has 0 saturated carbocycles. The van der Waals surface area contributed by atoms with Gasteiger partial charge in [-0.1, -0.05) is 6.07 Å². The second kappa shape index (κ2) is 5.56. The molecule has 2 rings (SSSR count). The summed E-state index contributed by atoms with van der Waals surface area (Å²) in [4.78, 5) is -0.00276. The number of benzene rings is 1. The minimum Gasteiger partial charge on any atom is -0.381 e. The number of aryl methyl sites for hydroxylation is 1. The van der Waals surface area contributed by atoms with Crippen LogP contribution in [-0.4, -0.2) is 39.5 Å². The van der Waals surface area contributed by atoms with Gasteiger partial charge in [0, 0.05) is 20.2 Å². The lowest BCUT2D eigenvalue weighted by atomic mass is 10.1. The molecule has 1 atom stereocenters. The maximum atomic E-state index is 13.5. The van der Waals surface area contributed by atoms with Crippen molar-refractivity contribution in [2.24, 2.45) is 5.92 Å². The number of halogens is 1. The minimum atomic E-state index is -3.63. The summed E-state index contributed by atoms with van der Waals surface area (Å²) < 4.78 is 44.6. The standard InChI is InChI=1S/C13H18FNO3S/c1-10-3-4-12(7-13(10)14)19(16,17)15(2)8-11-5-6-18-9-11/h3-4,7,11H,5-6,8-9H2,1-2H3. The average molecular weight is 287 g/mol. The maximum absolute atomic E-state index is 13.5. The molecule has 1 aromatic carbocycles. The molecule has 0 radical (unpaired) electrons. The second-order valence-corrected chi connectivity index (χ2v) is 6.97. The van der Waals surface area contributed by atoms with E-state index in [0.29, 0.717) is 25.3 Å². The number of rotatable bonds is 4. The van der Waals surface area contributed by atoms with Gasteiger partial charge >= 0.3 is 0 Å². The summed E-state index contributed by atoms with van der Waals surface area (Å²) >= 11 is 0. The average Bonchev–Trinajstić information content (AvgIpc) is 2.85. The summed E-state index contributed by atoms with van der Waals surface area (Å²) in [6, 6.07) is 4.00. The van der Waals surface area contributed by atoms with E-state index in [2.05, 4.69) is 0 Å². The molecular formula is C13H18FNO3S. The van der Waals surface area contributed by atoms with Crippen LogP contribution in [-0.2, 0) is 14.8 Å². The van der Waals surface area contributed by atoms with Crippen LogP contribution in [0.3, 0.4) is 0 Å². The number of nitrogens with zero attached hydrogens (tertiary/aromatic N) is 1. The fraction of sp³-hybridized carbons (Fsp3) is 0.538. The van der Waals surface area contributed by atoms with Crippen molar-refractivity contribution >= 4 is 10.0 Å². The lowest BCUT2D eigenvalue weighted by molar-refractivity contribution is 0.182. The number of ether oxygens (including phenoxy) is 1. The lowest BCUT2D eigenvalue weighted by Crippen LogP contribution is -2.32. The monoisotopic (exact) mass is 287 g/mol. The molecule has 4 nitrogen and oxygen atoms in total. The van der Waals surface area contributed by atoms with Crippen LogP contribution < -0.4 is 0 Å². The SMILES string of the molecule is Cc1ccc(S(=O)(=O)N(C)CC2CCOC2)cc1F. The van der Waals surface area contributed by atoms with Crippen molar-refractivity contribution in [2.45, 2.75) is 18.2 Å². The highest BCUT2D eigenvalue weighted by atomic mass is 32.2. The zero-order valence-electron chi connectivity index (χ0n) is 11.1. The van der Waals surface area contributed by atoms with Gasteiger partial charge in [0.05, 0.1) is 11.5 Å². The van der Waals surface area contributed by atoms with E-state index in [1.165, 1.54) is 23.5 Å². The third-order valence-electron chi connectivity index (χ3n) is 3.39. The molecule has 1 saturated heterocycles. The molecule has 0 spiro atoms. The number of hydrogen-bond donors (Lipinski definition) is 0. The highest BCUT2D eigenvalue weighted by molar-refractivity contribution is 7.89. The molecule has 1 fully saturated rings. The molecule has 6 heteroatoms. The first-order valence-corrected chi connectivity index (χ1v) is 7.65. The molecule has 0 aliphatic carbocycles. The van der Waals surface area contributed by atoms with Crippen molar-refractivity contribution < 1.29 is 17.5 Å². The predicted molar refractivity (Wildman–Crippen MR) is 69.9 cm³/mol. The Hall–Kier alpha value is -0.980. The van der Waals surface area contributed by atoms with Gasteiger partial charge < -0.3 is 4.74 Å². The third kappa shape index (κ3) is 3.13. The van der Waals surface area contributed by atoms with Gasteiger partial charge in [-0.05, 0) is 37.0 Å². The largest absolute Gasteiger partial charge is 0.381 e. The molecule has 0 aromatic heterocycles. The van der Waals surface area contributed by atoms with Crippen LogP contribution in [0.2, 0.25) is 0 Å². The zero-order chi connectivity index (χ0) is 14.0. The van der Waals surface area contributed by atoms with Crippen LogP contribution in [0, 0.1) is 18.7 Å². The van der Waals surface area contributed by atoms with Crippen molar-refractivity contribution in [1.29, 1.82) is 0 Å². The highest BCUT2D eigenvalue weighted by Crippen LogP contribution is 2.21. The van der Waals surface area contributed by atoms with Crippen LogP contribution in [0.15, 0.2) is 23.1 Å². The Morgan fingerprint density at radius 2 is 2.21 bits per heavy atom. The summed E-state index contributed by atoms with van der Waals surface area (Å²) in [5.74, 6) is -0.284. The molecule has 19 heavy (non-hydrogen) atoms. The first-order valence-electron chi connectivity index (χ1n) is 6.21. The van der Waals surface area contributed by atoms with Gasteiger partial charge in [0.1, 0.15) is 5.82 Å². The van der Waals surface area contributed by atoms with Crippen LogP contribution in [0.1, 0.15) is 12.0 Å². The topological polar surface area (TPSA) is 46.6 Å². The molecular weight excluding hydrogens is 269 g/mol. The van der Waals surface area contributed by atoms with E-state index in [0.717, 1.165) is 12.5 Å². The van der Waals surface area contributed by atoms with Gasteiger partial charge in [0.2, 0.25) is 10.0 Å². The van der Waals surface area contributed by atoms with Gasteiger partial charge in [-0.25, -0.2) is 17.1 Å². The first kappa shape index (κ1) is 14.4. The molecule has 1 unspecified atom stereocenters. The second-order valence-electron chi connectivity index (χ2n) is 4.93. The van der Waals surface area contributed by atoms with E-state index in [9.17, 15) is 12.8 Å². The Labute approximate surface area is 113 Å². The fourth-order valence-corrected chi connectivity index (χ4v) is 3.36. The van der Waals surface area contributed by atoms with E-state index in [-0.39, 0.29) is 10.8 Å². The molecule has 1 aliphatic heterocycles. The smallest absolute Gasteiger partial charge is 0.242 e. The summed E-state index contributed by atoms with van der Waals surface area (Å²) in [5.41, 5.74) is 0.436. The quantitative estimate of drug-likeness (QED) is 0.848. The maximum Gasteiger partial charge on any atom is 0.242 e. The molecule has 0 bridgehead atoms. The first-order chi connectivity index (χ1) is 8.91.